The Morgan fingerprint density at radius 1 is 1.89 bits per heavy atom. The van der Waals surface area contributed by atoms with Gasteiger partial charge < -0.3 is 5.73 Å². The molecule has 0 saturated carbocycles. The van der Waals surface area contributed by atoms with Gasteiger partial charge in [-0.1, -0.05) is 12.2 Å². The van der Waals surface area contributed by atoms with Gasteiger partial charge in [-0.05, 0) is 6.92 Å². The third-order valence-corrected chi connectivity index (χ3v) is 0.893. The number of halogens is 1. The van der Waals surface area contributed by atoms with Gasteiger partial charge in [0.2, 0.25) is 0 Å². The zero-order valence-electron chi connectivity index (χ0n) is 5.26. The van der Waals surface area contributed by atoms with Crippen molar-refractivity contribution >= 4 is 0 Å². The van der Waals surface area contributed by atoms with Crippen molar-refractivity contribution in [1.29, 1.82) is 5.26 Å². The normalized spacial score (nSPS) is 17.1. The molecule has 0 aromatic carbocycles. The molecule has 0 aromatic heterocycles. The van der Waals surface area contributed by atoms with Crippen molar-refractivity contribution in [2.24, 2.45) is 5.73 Å². The molecule has 1 unspecified atom stereocenters. The fourth-order valence-electron chi connectivity index (χ4n) is 0.409. The molecule has 0 aromatic rings. The third-order valence-electron chi connectivity index (χ3n) is 0.893. The Kier molecular flexibility index (Phi) is 2.89. The lowest BCUT2D eigenvalue weighted by molar-refractivity contribution is 0.416. The van der Waals surface area contributed by atoms with Gasteiger partial charge in [0.1, 0.15) is 6.67 Å². The third kappa shape index (κ3) is 2.24. The van der Waals surface area contributed by atoms with E-state index in [0.29, 0.717) is 0 Å². The Labute approximate surface area is 53.8 Å². The summed E-state index contributed by atoms with van der Waals surface area (Å²) in [5.41, 5.74) is 3.78. The zero-order chi connectivity index (χ0) is 7.33. The second-order valence-corrected chi connectivity index (χ2v) is 1.79. The fraction of sp³-hybridized carbons (Fsp3) is 0.500. The van der Waals surface area contributed by atoms with Crippen LogP contribution in [-0.4, -0.2) is 12.2 Å². The summed E-state index contributed by atoms with van der Waals surface area (Å²) in [7, 11) is 0. The van der Waals surface area contributed by atoms with Crippen LogP contribution in [0.15, 0.2) is 12.2 Å². The lowest BCUT2D eigenvalue weighted by Gasteiger charge is -2.09. The standard InChI is InChI=1S/C6H9FN2/c1-2-3-6(9,4-7)5-8/h2-3H,4,9H2,1H3/b3-2+. The molecule has 0 spiro atoms. The van der Waals surface area contributed by atoms with Gasteiger partial charge in [-0.25, -0.2) is 4.39 Å². The molecule has 0 amide bonds. The molecule has 0 aliphatic heterocycles. The van der Waals surface area contributed by atoms with Crippen molar-refractivity contribution < 1.29 is 4.39 Å². The van der Waals surface area contributed by atoms with E-state index in [1.165, 1.54) is 6.08 Å². The van der Waals surface area contributed by atoms with Crippen LogP contribution in [0.5, 0.6) is 0 Å². The highest BCUT2D eigenvalue weighted by Gasteiger charge is 2.19. The average Bonchev–Trinajstić information content (AvgIpc) is 1.89. The predicted molar refractivity (Wildman–Crippen MR) is 33.3 cm³/mol. The summed E-state index contributed by atoms with van der Waals surface area (Å²) in [6, 6.07) is 1.64. The van der Waals surface area contributed by atoms with Crippen molar-refractivity contribution in [3.05, 3.63) is 12.2 Å². The highest BCUT2D eigenvalue weighted by Crippen LogP contribution is 2.00. The molecule has 1 atom stereocenters. The summed E-state index contributed by atoms with van der Waals surface area (Å²) in [6.07, 6.45) is 2.90. The predicted octanol–water partition coefficient (Wildman–Crippen LogP) is 0.753. The molecular weight excluding hydrogens is 119 g/mol. The molecule has 2 N–H and O–H groups in total. The highest BCUT2D eigenvalue weighted by molar-refractivity contribution is 5.17. The van der Waals surface area contributed by atoms with Crippen LogP contribution in [0.3, 0.4) is 0 Å². The Morgan fingerprint density at radius 2 is 2.44 bits per heavy atom. The van der Waals surface area contributed by atoms with Gasteiger partial charge in [0.25, 0.3) is 0 Å². The minimum atomic E-state index is -1.41. The number of hydrogen-bond donors (Lipinski definition) is 1. The lowest BCUT2D eigenvalue weighted by atomic mass is 10.1. The van der Waals surface area contributed by atoms with Crippen molar-refractivity contribution in [3.63, 3.8) is 0 Å². The summed E-state index contributed by atoms with van der Waals surface area (Å²) in [4.78, 5) is 0. The van der Waals surface area contributed by atoms with E-state index in [4.69, 9.17) is 11.0 Å². The van der Waals surface area contributed by atoms with Gasteiger partial charge >= 0.3 is 0 Å². The van der Waals surface area contributed by atoms with Gasteiger partial charge in [-0.2, -0.15) is 5.26 Å². The average molecular weight is 128 g/mol. The Balaban J connectivity index is 4.14. The Bertz CT molecular complexity index is 148. The number of nitrogens with zero attached hydrogens (tertiary/aromatic N) is 1. The molecule has 0 rings (SSSR count). The van der Waals surface area contributed by atoms with Gasteiger partial charge in [0, 0.05) is 0 Å². The summed E-state index contributed by atoms with van der Waals surface area (Å²) < 4.78 is 11.8. The quantitative estimate of drug-likeness (QED) is 0.558. The van der Waals surface area contributed by atoms with Crippen molar-refractivity contribution in [2.75, 3.05) is 6.67 Å². The topological polar surface area (TPSA) is 49.8 Å². The maximum atomic E-state index is 11.8. The van der Waals surface area contributed by atoms with Crippen LogP contribution in [-0.2, 0) is 0 Å². The molecule has 0 aliphatic carbocycles. The largest absolute Gasteiger partial charge is 0.308 e. The molecule has 0 saturated heterocycles. The molecule has 3 heteroatoms. The van der Waals surface area contributed by atoms with Gasteiger partial charge in [0.15, 0.2) is 5.54 Å². The number of nitriles is 1. The second-order valence-electron chi connectivity index (χ2n) is 1.79. The zero-order valence-corrected chi connectivity index (χ0v) is 5.26. The number of nitrogens with two attached hydrogens (primary N) is 1. The first kappa shape index (κ1) is 8.12. The molecule has 50 valence electrons. The molecule has 0 fully saturated rings. The molecule has 9 heavy (non-hydrogen) atoms. The van der Waals surface area contributed by atoms with E-state index in [9.17, 15) is 4.39 Å². The maximum absolute atomic E-state index is 11.8. The van der Waals surface area contributed by atoms with E-state index in [0.717, 1.165) is 0 Å². The maximum Gasteiger partial charge on any atom is 0.151 e. The van der Waals surface area contributed by atoms with E-state index in [1.54, 1.807) is 19.1 Å². The smallest absolute Gasteiger partial charge is 0.151 e. The molecule has 2 nitrogen and oxygen atoms in total. The van der Waals surface area contributed by atoms with Gasteiger partial charge in [-0.3, -0.25) is 0 Å². The second kappa shape index (κ2) is 3.21. The number of alkyl halides is 1. The van der Waals surface area contributed by atoms with E-state index in [-0.39, 0.29) is 0 Å². The fourth-order valence-corrected chi connectivity index (χ4v) is 0.409. The van der Waals surface area contributed by atoms with Crippen LogP contribution < -0.4 is 5.73 Å². The first-order valence-electron chi connectivity index (χ1n) is 2.58. The summed E-state index contributed by atoms with van der Waals surface area (Å²) in [5.74, 6) is 0. The first-order chi connectivity index (χ1) is 4.18. The molecule has 0 radical (unpaired) electrons. The summed E-state index contributed by atoms with van der Waals surface area (Å²) in [5, 5.41) is 8.25. The minimum Gasteiger partial charge on any atom is -0.308 e. The number of allylic oxidation sites excluding steroid dienone is 1. The van der Waals surface area contributed by atoms with Crippen molar-refractivity contribution in [1.82, 2.24) is 0 Å². The van der Waals surface area contributed by atoms with Gasteiger partial charge in [0.05, 0.1) is 6.07 Å². The Morgan fingerprint density at radius 3 is 2.56 bits per heavy atom. The Hall–Kier alpha value is -0.880. The van der Waals surface area contributed by atoms with Crippen LogP contribution in [0.4, 0.5) is 4.39 Å². The van der Waals surface area contributed by atoms with E-state index >= 15 is 0 Å². The van der Waals surface area contributed by atoms with Crippen LogP contribution in [0.25, 0.3) is 0 Å². The number of hydrogen-bond acceptors (Lipinski definition) is 2. The van der Waals surface area contributed by atoms with E-state index < -0.39 is 12.2 Å². The molecular formula is C6H9FN2. The summed E-state index contributed by atoms with van der Waals surface area (Å²) >= 11 is 0. The van der Waals surface area contributed by atoms with Crippen molar-refractivity contribution in [2.45, 2.75) is 12.5 Å². The van der Waals surface area contributed by atoms with E-state index in [2.05, 4.69) is 0 Å². The number of rotatable bonds is 2. The van der Waals surface area contributed by atoms with Crippen LogP contribution in [0, 0.1) is 11.3 Å². The monoisotopic (exact) mass is 128 g/mol. The van der Waals surface area contributed by atoms with Crippen molar-refractivity contribution in [3.8, 4) is 6.07 Å². The van der Waals surface area contributed by atoms with Crippen LogP contribution in [0.2, 0.25) is 0 Å². The summed E-state index contributed by atoms with van der Waals surface area (Å²) in [6.45, 7) is 0.850. The van der Waals surface area contributed by atoms with Gasteiger partial charge in [-0.15, -0.1) is 0 Å². The molecule has 0 aliphatic rings. The first-order valence-corrected chi connectivity index (χ1v) is 2.58. The molecule has 0 bridgehead atoms. The van der Waals surface area contributed by atoms with Crippen LogP contribution in [0.1, 0.15) is 6.92 Å². The van der Waals surface area contributed by atoms with E-state index in [1.807, 2.05) is 0 Å². The SMILES string of the molecule is C/C=C/C(N)(C#N)CF. The van der Waals surface area contributed by atoms with Crippen LogP contribution >= 0.6 is 0 Å². The molecule has 0 heterocycles. The highest BCUT2D eigenvalue weighted by atomic mass is 19.1. The minimum absolute atomic E-state index is 0.839. The lowest BCUT2D eigenvalue weighted by Crippen LogP contribution is -2.37.